The first-order chi connectivity index (χ1) is 13.0. The van der Waals surface area contributed by atoms with Crippen molar-refractivity contribution in [3.8, 4) is 0 Å². The largest absolute Gasteiger partial charge is 0.326 e. The molecule has 0 bridgehead atoms. The molecule has 27 heavy (non-hydrogen) atoms. The summed E-state index contributed by atoms with van der Waals surface area (Å²) in [6.45, 7) is 1.48. The Kier molecular flexibility index (Phi) is 4.41. The SMILES string of the molecule is CC(=O)Nc1ccc(SCc2nnc3n(C)c(=O)c4ccccc4n23)cc1. The van der Waals surface area contributed by atoms with Crippen molar-refractivity contribution in [1.82, 2.24) is 19.2 Å². The molecule has 0 fully saturated rings. The van der Waals surface area contributed by atoms with E-state index in [2.05, 4.69) is 15.5 Å². The number of aromatic nitrogens is 4. The number of para-hydroxylation sites is 1. The van der Waals surface area contributed by atoms with Crippen LogP contribution >= 0.6 is 11.8 Å². The minimum atomic E-state index is -0.0946. The van der Waals surface area contributed by atoms with Gasteiger partial charge in [0.2, 0.25) is 11.7 Å². The van der Waals surface area contributed by atoms with Crippen LogP contribution in [0.5, 0.6) is 0 Å². The number of carbonyl (C=O) groups excluding carboxylic acids is 1. The van der Waals surface area contributed by atoms with Crippen molar-refractivity contribution in [3.05, 3.63) is 64.7 Å². The van der Waals surface area contributed by atoms with Gasteiger partial charge in [-0.1, -0.05) is 12.1 Å². The third-order valence-corrected chi connectivity index (χ3v) is 5.24. The lowest BCUT2D eigenvalue weighted by atomic mass is 10.2. The minimum absolute atomic E-state index is 0.0849. The lowest BCUT2D eigenvalue weighted by molar-refractivity contribution is -0.114. The Morgan fingerprint density at radius 3 is 2.59 bits per heavy atom. The van der Waals surface area contributed by atoms with Gasteiger partial charge in [-0.15, -0.1) is 22.0 Å². The van der Waals surface area contributed by atoms with E-state index in [0.717, 1.165) is 21.9 Å². The topological polar surface area (TPSA) is 81.3 Å². The molecule has 8 heteroatoms. The predicted molar refractivity (Wildman–Crippen MR) is 106 cm³/mol. The molecule has 4 rings (SSSR count). The van der Waals surface area contributed by atoms with E-state index in [9.17, 15) is 9.59 Å². The number of aryl methyl sites for hydroxylation is 1. The van der Waals surface area contributed by atoms with Gasteiger partial charge in [0.15, 0.2) is 0 Å². The minimum Gasteiger partial charge on any atom is -0.326 e. The van der Waals surface area contributed by atoms with Crippen LogP contribution in [0.2, 0.25) is 0 Å². The van der Waals surface area contributed by atoms with Gasteiger partial charge < -0.3 is 5.32 Å². The van der Waals surface area contributed by atoms with Gasteiger partial charge in [0.1, 0.15) is 5.82 Å². The van der Waals surface area contributed by atoms with Crippen LogP contribution in [0, 0.1) is 0 Å². The Morgan fingerprint density at radius 1 is 1.11 bits per heavy atom. The maximum atomic E-state index is 12.5. The number of hydrogen-bond donors (Lipinski definition) is 1. The van der Waals surface area contributed by atoms with Crippen LogP contribution in [-0.4, -0.2) is 25.1 Å². The van der Waals surface area contributed by atoms with Crippen LogP contribution in [0.3, 0.4) is 0 Å². The number of carbonyl (C=O) groups is 1. The summed E-state index contributed by atoms with van der Waals surface area (Å²) in [6, 6.07) is 15.1. The third kappa shape index (κ3) is 3.19. The molecule has 2 aromatic carbocycles. The second kappa shape index (κ2) is 6.88. The van der Waals surface area contributed by atoms with E-state index in [4.69, 9.17) is 0 Å². The molecule has 0 unspecified atom stereocenters. The summed E-state index contributed by atoms with van der Waals surface area (Å²) in [6.07, 6.45) is 0. The molecule has 7 nitrogen and oxygen atoms in total. The van der Waals surface area contributed by atoms with Crippen molar-refractivity contribution in [2.45, 2.75) is 17.6 Å². The standard InChI is InChI=1S/C19H17N5O2S/c1-12(25)20-13-7-9-14(10-8-13)27-11-17-21-22-19-23(2)18(26)15-5-3-4-6-16(15)24(17)19/h3-10H,11H2,1-2H3,(H,20,25). The Labute approximate surface area is 159 Å². The lowest BCUT2D eigenvalue weighted by Gasteiger charge is -2.08. The average Bonchev–Trinajstić information content (AvgIpc) is 3.09. The van der Waals surface area contributed by atoms with Crippen LogP contribution in [0.4, 0.5) is 5.69 Å². The Morgan fingerprint density at radius 2 is 1.85 bits per heavy atom. The smallest absolute Gasteiger partial charge is 0.262 e. The second-order valence-corrected chi connectivity index (χ2v) is 7.18. The number of benzene rings is 2. The van der Waals surface area contributed by atoms with Crippen LogP contribution in [0.25, 0.3) is 16.7 Å². The monoisotopic (exact) mass is 379 g/mol. The van der Waals surface area contributed by atoms with Gasteiger partial charge in [-0.2, -0.15) is 0 Å². The highest BCUT2D eigenvalue weighted by molar-refractivity contribution is 7.98. The number of rotatable bonds is 4. The number of nitrogens with one attached hydrogen (secondary N) is 1. The molecule has 4 aromatic rings. The molecule has 0 saturated heterocycles. The van der Waals surface area contributed by atoms with Crippen molar-refractivity contribution >= 4 is 40.0 Å². The van der Waals surface area contributed by atoms with Gasteiger partial charge >= 0.3 is 0 Å². The van der Waals surface area contributed by atoms with E-state index >= 15 is 0 Å². The maximum Gasteiger partial charge on any atom is 0.262 e. The molecule has 1 N–H and O–H groups in total. The molecule has 0 atom stereocenters. The molecule has 0 radical (unpaired) electrons. The van der Waals surface area contributed by atoms with E-state index in [0.29, 0.717) is 16.9 Å². The number of anilines is 1. The summed E-state index contributed by atoms with van der Waals surface area (Å²) < 4.78 is 3.45. The molecule has 1 amide bonds. The fourth-order valence-corrected chi connectivity index (χ4v) is 3.78. The van der Waals surface area contributed by atoms with E-state index < -0.39 is 0 Å². The summed E-state index contributed by atoms with van der Waals surface area (Å²) in [7, 11) is 1.70. The zero-order valence-electron chi connectivity index (χ0n) is 14.8. The fraction of sp³-hybridized carbons (Fsp3) is 0.158. The van der Waals surface area contributed by atoms with Gasteiger partial charge in [-0.05, 0) is 36.4 Å². The van der Waals surface area contributed by atoms with Crippen LogP contribution in [0.1, 0.15) is 12.7 Å². The molecule has 2 aromatic heterocycles. The summed E-state index contributed by atoms with van der Waals surface area (Å²) in [5.74, 6) is 1.80. The molecule has 2 heterocycles. The Hall–Kier alpha value is -3.13. The first-order valence-electron chi connectivity index (χ1n) is 8.37. The van der Waals surface area contributed by atoms with E-state index in [1.807, 2.05) is 52.9 Å². The average molecular weight is 379 g/mol. The van der Waals surface area contributed by atoms with Crippen molar-refractivity contribution in [2.75, 3.05) is 5.32 Å². The highest BCUT2D eigenvalue weighted by atomic mass is 32.2. The highest BCUT2D eigenvalue weighted by Crippen LogP contribution is 2.25. The number of nitrogens with zero attached hydrogens (tertiary/aromatic N) is 4. The molecule has 0 saturated carbocycles. The second-order valence-electron chi connectivity index (χ2n) is 6.13. The zero-order valence-corrected chi connectivity index (χ0v) is 15.7. The molecule has 0 aliphatic carbocycles. The molecule has 0 aliphatic heterocycles. The zero-order chi connectivity index (χ0) is 19.0. The number of fused-ring (bicyclic) bond motifs is 3. The highest BCUT2D eigenvalue weighted by Gasteiger charge is 2.14. The number of thioether (sulfide) groups is 1. The van der Waals surface area contributed by atoms with Crippen molar-refractivity contribution < 1.29 is 4.79 Å². The van der Waals surface area contributed by atoms with E-state index in [-0.39, 0.29) is 11.5 Å². The first-order valence-corrected chi connectivity index (χ1v) is 9.35. The predicted octanol–water partition coefficient (Wildman–Crippen LogP) is 2.83. The summed E-state index contributed by atoms with van der Waals surface area (Å²) in [4.78, 5) is 24.6. The van der Waals surface area contributed by atoms with Crippen molar-refractivity contribution in [2.24, 2.45) is 7.05 Å². The van der Waals surface area contributed by atoms with Crippen molar-refractivity contribution in [3.63, 3.8) is 0 Å². The fourth-order valence-electron chi connectivity index (χ4n) is 2.97. The first kappa shape index (κ1) is 17.3. The molecule has 0 spiro atoms. The van der Waals surface area contributed by atoms with Gasteiger partial charge in [0.25, 0.3) is 5.56 Å². The van der Waals surface area contributed by atoms with Gasteiger partial charge in [-0.3, -0.25) is 18.6 Å². The Bertz CT molecular complexity index is 1210. The van der Waals surface area contributed by atoms with Crippen LogP contribution in [-0.2, 0) is 17.6 Å². The quantitative estimate of drug-likeness (QED) is 0.552. The molecule has 0 aliphatic rings. The summed E-state index contributed by atoms with van der Waals surface area (Å²) >= 11 is 1.62. The van der Waals surface area contributed by atoms with Gasteiger partial charge in [0.05, 0.1) is 16.7 Å². The molecular weight excluding hydrogens is 362 g/mol. The van der Waals surface area contributed by atoms with Crippen molar-refractivity contribution in [1.29, 1.82) is 0 Å². The number of amides is 1. The normalized spacial score (nSPS) is 11.2. The van der Waals surface area contributed by atoms with E-state index in [1.165, 1.54) is 11.5 Å². The lowest BCUT2D eigenvalue weighted by Crippen LogP contribution is -2.20. The summed E-state index contributed by atoms with van der Waals surface area (Å²) in [5, 5.41) is 11.9. The molecular formula is C19H17N5O2S. The maximum absolute atomic E-state index is 12.5. The third-order valence-electron chi connectivity index (χ3n) is 4.24. The van der Waals surface area contributed by atoms with Gasteiger partial charge in [0, 0.05) is 24.6 Å². The van der Waals surface area contributed by atoms with Crippen LogP contribution < -0.4 is 10.9 Å². The van der Waals surface area contributed by atoms with Crippen LogP contribution in [0.15, 0.2) is 58.2 Å². The van der Waals surface area contributed by atoms with Gasteiger partial charge in [-0.25, -0.2) is 0 Å². The number of hydrogen-bond acceptors (Lipinski definition) is 5. The summed E-state index contributed by atoms with van der Waals surface area (Å²) in [5.41, 5.74) is 1.48. The molecule has 136 valence electrons. The Balaban J connectivity index is 1.67. The van der Waals surface area contributed by atoms with E-state index in [1.54, 1.807) is 18.8 Å².